The maximum absolute atomic E-state index is 11.8. The summed E-state index contributed by atoms with van der Waals surface area (Å²) in [5.74, 6) is 0.248. The molecule has 0 spiro atoms. The average Bonchev–Trinajstić information content (AvgIpc) is 2.54. The van der Waals surface area contributed by atoms with Crippen molar-refractivity contribution in [2.75, 3.05) is 0 Å². The second-order valence-corrected chi connectivity index (χ2v) is 5.45. The Hall–Kier alpha value is -2.59. The van der Waals surface area contributed by atoms with Crippen molar-refractivity contribution in [2.45, 2.75) is 25.4 Å². The van der Waals surface area contributed by atoms with Gasteiger partial charge in [-0.2, -0.15) is 0 Å². The first kappa shape index (κ1) is 16.8. The lowest BCUT2D eigenvalue weighted by Gasteiger charge is -2.08. The monoisotopic (exact) mass is 312 g/mol. The van der Waals surface area contributed by atoms with Gasteiger partial charge in [0.05, 0.1) is 6.10 Å². The highest BCUT2D eigenvalue weighted by Crippen LogP contribution is 2.14. The standard InChI is InChI=1S/C19H20O4/c20-16-7-1-14(2-8-16)5-11-18(22)13-19(23)12-6-15-3-9-17(21)10-4-15/h1-5,7-11,19-21,23H,6,12-13H2/b11-5+/t19-/m1/s1. The summed E-state index contributed by atoms with van der Waals surface area (Å²) >= 11 is 0. The zero-order chi connectivity index (χ0) is 16.7. The Bertz CT molecular complexity index is 657. The second kappa shape index (κ2) is 8.15. The molecule has 3 N–H and O–H groups in total. The van der Waals surface area contributed by atoms with Gasteiger partial charge in [-0.3, -0.25) is 4.79 Å². The van der Waals surface area contributed by atoms with Gasteiger partial charge in [0.2, 0.25) is 0 Å². The molecule has 0 aliphatic carbocycles. The van der Waals surface area contributed by atoms with E-state index in [1.165, 1.54) is 6.08 Å². The van der Waals surface area contributed by atoms with Crippen LogP contribution in [0.25, 0.3) is 6.08 Å². The van der Waals surface area contributed by atoms with Gasteiger partial charge in [-0.15, -0.1) is 0 Å². The van der Waals surface area contributed by atoms with E-state index in [1.54, 1.807) is 54.6 Å². The molecule has 0 heterocycles. The topological polar surface area (TPSA) is 77.8 Å². The minimum Gasteiger partial charge on any atom is -0.508 e. The highest BCUT2D eigenvalue weighted by atomic mass is 16.3. The van der Waals surface area contributed by atoms with Crippen molar-refractivity contribution >= 4 is 11.9 Å². The predicted octanol–water partition coefficient (Wildman–Crippen LogP) is 3.06. The molecule has 0 saturated heterocycles. The summed E-state index contributed by atoms with van der Waals surface area (Å²) in [6.07, 6.45) is 3.62. The van der Waals surface area contributed by atoms with Gasteiger partial charge < -0.3 is 15.3 Å². The molecule has 0 aliphatic heterocycles. The van der Waals surface area contributed by atoms with Crippen molar-refractivity contribution in [3.63, 3.8) is 0 Å². The largest absolute Gasteiger partial charge is 0.508 e. The molecule has 4 nitrogen and oxygen atoms in total. The summed E-state index contributed by atoms with van der Waals surface area (Å²) in [6, 6.07) is 13.3. The zero-order valence-corrected chi connectivity index (χ0v) is 12.7. The van der Waals surface area contributed by atoms with E-state index in [1.807, 2.05) is 0 Å². The summed E-state index contributed by atoms with van der Waals surface area (Å²) in [7, 11) is 0. The van der Waals surface area contributed by atoms with Gasteiger partial charge in [0.25, 0.3) is 0 Å². The first-order valence-corrected chi connectivity index (χ1v) is 7.49. The number of allylic oxidation sites excluding steroid dienone is 1. The first-order valence-electron chi connectivity index (χ1n) is 7.49. The normalized spacial score (nSPS) is 12.4. The van der Waals surface area contributed by atoms with E-state index in [0.29, 0.717) is 12.8 Å². The predicted molar refractivity (Wildman–Crippen MR) is 89.2 cm³/mol. The lowest BCUT2D eigenvalue weighted by Crippen LogP contribution is -2.12. The van der Waals surface area contributed by atoms with Crippen molar-refractivity contribution in [3.8, 4) is 11.5 Å². The van der Waals surface area contributed by atoms with Gasteiger partial charge in [0.1, 0.15) is 11.5 Å². The minimum absolute atomic E-state index is 0.0761. The van der Waals surface area contributed by atoms with Crippen molar-refractivity contribution in [1.29, 1.82) is 0 Å². The highest BCUT2D eigenvalue weighted by Gasteiger charge is 2.09. The molecule has 0 fully saturated rings. The Labute approximate surface area is 135 Å². The van der Waals surface area contributed by atoms with Crippen LogP contribution in [0.1, 0.15) is 24.0 Å². The molecule has 23 heavy (non-hydrogen) atoms. The lowest BCUT2D eigenvalue weighted by atomic mass is 10.0. The number of aliphatic hydroxyl groups is 1. The summed E-state index contributed by atoms with van der Waals surface area (Å²) in [6.45, 7) is 0. The van der Waals surface area contributed by atoms with Crippen LogP contribution < -0.4 is 0 Å². The number of aromatic hydroxyl groups is 2. The van der Waals surface area contributed by atoms with Crippen LogP contribution in [0.3, 0.4) is 0 Å². The van der Waals surface area contributed by atoms with Crippen molar-refractivity contribution in [1.82, 2.24) is 0 Å². The van der Waals surface area contributed by atoms with Crippen LogP contribution >= 0.6 is 0 Å². The summed E-state index contributed by atoms with van der Waals surface area (Å²) in [4.78, 5) is 11.8. The summed E-state index contributed by atoms with van der Waals surface area (Å²) < 4.78 is 0. The van der Waals surface area contributed by atoms with E-state index in [4.69, 9.17) is 0 Å². The number of hydrogen-bond acceptors (Lipinski definition) is 4. The molecule has 1 atom stereocenters. The van der Waals surface area contributed by atoms with E-state index >= 15 is 0 Å². The molecule has 2 aromatic carbocycles. The van der Waals surface area contributed by atoms with Gasteiger partial charge in [0.15, 0.2) is 5.78 Å². The number of hydrogen-bond donors (Lipinski definition) is 3. The number of phenolic OH excluding ortho intramolecular Hbond substituents is 2. The molecule has 0 saturated carbocycles. The van der Waals surface area contributed by atoms with E-state index in [2.05, 4.69) is 0 Å². The number of carbonyl (C=O) groups excluding carboxylic acids is 1. The van der Waals surface area contributed by atoms with Gasteiger partial charge in [0, 0.05) is 6.42 Å². The second-order valence-electron chi connectivity index (χ2n) is 5.45. The van der Waals surface area contributed by atoms with Crippen molar-refractivity contribution in [2.24, 2.45) is 0 Å². The summed E-state index contributed by atoms with van der Waals surface area (Å²) in [5.41, 5.74) is 1.82. The molecule has 0 aliphatic rings. The molecule has 0 radical (unpaired) electrons. The van der Waals surface area contributed by atoms with Crippen LogP contribution in [-0.2, 0) is 11.2 Å². The SMILES string of the molecule is O=C(/C=C/c1ccc(O)cc1)C[C@H](O)CCc1ccc(O)cc1. The number of rotatable bonds is 7. The van der Waals surface area contributed by atoms with Crippen molar-refractivity contribution < 1.29 is 20.1 Å². The fraction of sp³-hybridized carbons (Fsp3) is 0.211. The van der Waals surface area contributed by atoms with Crippen LogP contribution in [-0.4, -0.2) is 27.2 Å². The number of carbonyl (C=O) groups is 1. The average molecular weight is 312 g/mol. The number of ketones is 1. The molecule has 2 aromatic rings. The van der Waals surface area contributed by atoms with Crippen LogP contribution in [0.15, 0.2) is 54.6 Å². The fourth-order valence-corrected chi connectivity index (χ4v) is 2.17. The number of phenols is 2. The molecular weight excluding hydrogens is 292 g/mol. The molecule has 0 bridgehead atoms. The molecule has 0 unspecified atom stereocenters. The number of aliphatic hydroxyl groups excluding tert-OH is 1. The van der Waals surface area contributed by atoms with Crippen LogP contribution in [0.5, 0.6) is 11.5 Å². The van der Waals surface area contributed by atoms with E-state index in [-0.39, 0.29) is 23.7 Å². The first-order chi connectivity index (χ1) is 11.0. The molecule has 0 amide bonds. The Morgan fingerprint density at radius 3 is 2.13 bits per heavy atom. The minimum atomic E-state index is -0.694. The van der Waals surface area contributed by atoms with Gasteiger partial charge in [-0.05, 0) is 54.3 Å². The van der Waals surface area contributed by atoms with Crippen LogP contribution in [0.4, 0.5) is 0 Å². The van der Waals surface area contributed by atoms with Gasteiger partial charge >= 0.3 is 0 Å². The molecular formula is C19H20O4. The van der Waals surface area contributed by atoms with E-state index < -0.39 is 6.10 Å². The third-order valence-electron chi connectivity index (χ3n) is 3.49. The smallest absolute Gasteiger partial charge is 0.158 e. The van der Waals surface area contributed by atoms with E-state index in [9.17, 15) is 20.1 Å². The molecule has 4 heteroatoms. The van der Waals surface area contributed by atoms with Crippen LogP contribution in [0.2, 0.25) is 0 Å². The van der Waals surface area contributed by atoms with E-state index in [0.717, 1.165) is 11.1 Å². The zero-order valence-electron chi connectivity index (χ0n) is 12.7. The Morgan fingerprint density at radius 1 is 0.957 bits per heavy atom. The quantitative estimate of drug-likeness (QED) is 0.687. The summed E-state index contributed by atoms with van der Waals surface area (Å²) in [5, 5.41) is 28.3. The van der Waals surface area contributed by atoms with Gasteiger partial charge in [-0.25, -0.2) is 0 Å². The lowest BCUT2D eigenvalue weighted by molar-refractivity contribution is -0.116. The molecule has 120 valence electrons. The molecule has 0 aromatic heterocycles. The maximum Gasteiger partial charge on any atom is 0.158 e. The number of aryl methyl sites for hydroxylation is 1. The Balaban J connectivity index is 1.77. The Morgan fingerprint density at radius 2 is 1.52 bits per heavy atom. The third-order valence-corrected chi connectivity index (χ3v) is 3.49. The van der Waals surface area contributed by atoms with Crippen LogP contribution in [0, 0.1) is 0 Å². The Kier molecular flexibility index (Phi) is 5.94. The fourth-order valence-electron chi connectivity index (χ4n) is 2.17. The number of benzene rings is 2. The third kappa shape index (κ3) is 5.96. The molecule has 2 rings (SSSR count). The van der Waals surface area contributed by atoms with Crippen molar-refractivity contribution in [3.05, 3.63) is 65.7 Å². The van der Waals surface area contributed by atoms with Gasteiger partial charge in [-0.1, -0.05) is 30.3 Å². The maximum atomic E-state index is 11.8. The highest BCUT2D eigenvalue weighted by molar-refractivity contribution is 5.93.